The van der Waals surface area contributed by atoms with E-state index in [1.165, 1.54) is 17.0 Å². The first kappa shape index (κ1) is 21.9. The molecule has 0 spiro atoms. The van der Waals surface area contributed by atoms with Gasteiger partial charge >= 0.3 is 6.18 Å². The molecule has 32 heavy (non-hydrogen) atoms. The molecule has 0 bridgehead atoms. The Hall–Kier alpha value is -3.36. The molecular weight excluding hydrogens is 423 g/mol. The minimum absolute atomic E-state index is 0.0227. The van der Waals surface area contributed by atoms with Gasteiger partial charge in [0.2, 0.25) is 17.7 Å². The summed E-state index contributed by atoms with van der Waals surface area (Å²) in [7, 11) is 0. The van der Waals surface area contributed by atoms with Crippen LogP contribution in [0.2, 0.25) is 0 Å². The summed E-state index contributed by atoms with van der Waals surface area (Å²) in [6, 6.07) is 9.79. The van der Waals surface area contributed by atoms with Gasteiger partial charge in [-0.2, -0.15) is 13.2 Å². The minimum atomic E-state index is -4.51. The van der Waals surface area contributed by atoms with Crippen LogP contribution in [0, 0.1) is 5.92 Å². The maximum Gasteiger partial charge on any atom is 0.416 e. The highest BCUT2D eigenvalue weighted by Crippen LogP contribution is 2.34. The fourth-order valence-corrected chi connectivity index (χ4v) is 4.07. The lowest BCUT2D eigenvalue weighted by molar-refractivity contribution is -0.137. The van der Waals surface area contributed by atoms with E-state index in [9.17, 15) is 27.6 Å². The molecule has 1 fully saturated rings. The number of fused-ring (bicyclic) bond motifs is 1. The molecule has 1 saturated heterocycles. The Morgan fingerprint density at radius 3 is 2.69 bits per heavy atom. The van der Waals surface area contributed by atoms with Gasteiger partial charge in [-0.1, -0.05) is 18.2 Å². The molecule has 168 valence electrons. The summed E-state index contributed by atoms with van der Waals surface area (Å²) < 4.78 is 39.0. The van der Waals surface area contributed by atoms with Crippen molar-refractivity contribution in [1.29, 1.82) is 0 Å². The van der Waals surface area contributed by atoms with E-state index in [0.29, 0.717) is 12.8 Å². The zero-order valence-electron chi connectivity index (χ0n) is 17.3. The van der Waals surface area contributed by atoms with E-state index in [0.717, 1.165) is 28.9 Å². The summed E-state index contributed by atoms with van der Waals surface area (Å²) in [5, 5.41) is 5.71. The molecule has 9 heteroatoms. The van der Waals surface area contributed by atoms with Crippen LogP contribution < -0.4 is 15.5 Å². The van der Waals surface area contributed by atoms with Crippen molar-refractivity contribution < 1.29 is 27.6 Å². The minimum Gasteiger partial charge on any atom is -0.349 e. The third kappa shape index (κ3) is 4.46. The number of halogens is 3. The largest absolute Gasteiger partial charge is 0.416 e. The number of nitrogens with zero attached hydrogens (tertiary/aromatic N) is 1. The van der Waals surface area contributed by atoms with Crippen molar-refractivity contribution in [2.75, 3.05) is 16.8 Å². The van der Waals surface area contributed by atoms with Crippen LogP contribution in [0.15, 0.2) is 42.5 Å². The topological polar surface area (TPSA) is 78.5 Å². The lowest BCUT2D eigenvalue weighted by Gasteiger charge is -2.22. The number of rotatable bonds is 4. The molecule has 2 N–H and O–H groups in total. The molecule has 0 aromatic heterocycles. The monoisotopic (exact) mass is 445 g/mol. The molecule has 2 aliphatic rings. The lowest BCUT2D eigenvalue weighted by Crippen LogP contribution is -2.34. The molecule has 2 aromatic rings. The molecular formula is C23H22F3N3O3. The van der Waals surface area contributed by atoms with Gasteiger partial charge in [-0.05, 0) is 48.7 Å². The highest BCUT2D eigenvalue weighted by atomic mass is 19.4. The predicted octanol–water partition coefficient (Wildman–Crippen LogP) is 3.82. The Morgan fingerprint density at radius 2 is 1.94 bits per heavy atom. The second-order valence-electron chi connectivity index (χ2n) is 8.15. The Balaban J connectivity index is 1.42. The summed E-state index contributed by atoms with van der Waals surface area (Å²) in [5.41, 5.74) is 1.92. The number of alkyl halides is 3. The van der Waals surface area contributed by atoms with Gasteiger partial charge in [0.05, 0.1) is 17.5 Å². The van der Waals surface area contributed by atoms with Gasteiger partial charge in [-0.25, -0.2) is 0 Å². The summed E-state index contributed by atoms with van der Waals surface area (Å²) in [4.78, 5) is 37.9. The Labute approximate surface area is 182 Å². The fourth-order valence-electron chi connectivity index (χ4n) is 4.07. The highest BCUT2D eigenvalue weighted by molar-refractivity contribution is 6.00. The normalized spacial score (nSPS) is 19.4. The van der Waals surface area contributed by atoms with Gasteiger partial charge in [-0.15, -0.1) is 0 Å². The van der Waals surface area contributed by atoms with Crippen molar-refractivity contribution in [3.63, 3.8) is 0 Å². The molecule has 0 unspecified atom stereocenters. The van der Waals surface area contributed by atoms with E-state index >= 15 is 0 Å². The van der Waals surface area contributed by atoms with Crippen LogP contribution in [0.1, 0.15) is 42.5 Å². The molecule has 3 amide bonds. The summed E-state index contributed by atoms with van der Waals surface area (Å²) >= 11 is 0. The summed E-state index contributed by atoms with van der Waals surface area (Å²) in [6.07, 6.45) is -3.54. The summed E-state index contributed by atoms with van der Waals surface area (Å²) in [6.45, 7) is 1.84. The Kier molecular flexibility index (Phi) is 5.66. The average Bonchev–Trinajstić information content (AvgIpc) is 3.14. The van der Waals surface area contributed by atoms with E-state index in [-0.39, 0.29) is 42.4 Å². The first-order valence-electron chi connectivity index (χ1n) is 10.3. The van der Waals surface area contributed by atoms with Crippen LogP contribution in [0.25, 0.3) is 0 Å². The first-order valence-corrected chi connectivity index (χ1v) is 10.3. The van der Waals surface area contributed by atoms with Gasteiger partial charge in [0.1, 0.15) is 0 Å². The number of benzene rings is 2. The number of hydrogen-bond donors (Lipinski definition) is 2. The smallest absolute Gasteiger partial charge is 0.349 e. The lowest BCUT2D eigenvalue weighted by atomic mass is 9.97. The highest BCUT2D eigenvalue weighted by Gasteiger charge is 2.37. The fraction of sp³-hybridized carbons (Fsp3) is 0.348. The van der Waals surface area contributed by atoms with Gasteiger partial charge in [0, 0.05) is 30.8 Å². The van der Waals surface area contributed by atoms with E-state index in [2.05, 4.69) is 10.6 Å². The van der Waals surface area contributed by atoms with Crippen LogP contribution in [0.4, 0.5) is 24.5 Å². The molecule has 2 atom stereocenters. The maximum absolute atomic E-state index is 13.0. The SMILES string of the molecule is C[C@@H](NC(=O)[C@@H]1CC(=O)N(c2cccc(C(F)(F)F)c2)C1)c1ccc2c(c1)CCC(=O)N2. The van der Waals surface area contributed by atoms with Crippen molar-refractivity contribution in [1.82, 2.24) is 5.32 Å². The molecule has 2 aliphatic heterocycles. The Morgan fingerprint density at radius 1 is 1.16 bits per heavy atom. The van der Waals surface area contributed by atoms with E-state index < -0.39 is 17.7 Å². The number of aryl methyl sites for hydroxylation is 1. The van der Waals surface area contributed by atoms with Crippen molar-refractivity contribution in [3.8, 4) is 0 Å². The Bertz CT molecular complexity index is 1080. The molecule has 6 nitrogen and oxygen atoms in total. The zero-order valence-corrected chi connectivity index (χ0v) is 17.3. The quantitative estimate of drug-likeness (QED) is 0.751. The molecule has 0 radical (unpaired) electrons. The van der Waals surface area contributed by atoms with Crippen LogP contribution in [-0.2, 0) is 27.0 Å². The van der Waals surface area contributed by atoms with E-state index in [4.69, 9.17) is 0 Å². The number of anilines is 2. The third-order valence-corrected chi connectivity index (χ3v) is 5.86. The van der Waals surface area contributed by atoms with Crippen LogP contribution >= 0.6 is 0 Å². The van der Waals surface area contributed by atoms with Crippen LogP contribution in [0.3, 0.4) is 0 Å². The second-order valence-corrected chi connectivity index (χ2v) is 8.15. The number of nitrogens with one attached hydrogen (secondary N) is 2. The summed E-state index contributed by atoms with van der Waals surface area (Å²) in [5.74, 6) is -1.40. The van der Waals surface area contributed by atoms with Crippen molar-refractivity contribution in [2.45, 2.75) is 38.4 Å². The first-order chi connectivity index (χ1) is 15.1. The predicted molar refractivity (Wildman–Crippen MR) is 112 cm³/mol. The maximum atomic E-state index is 13.0. The van der Waals surface area contributed by atoms with Crippen LogP contribution in [0.5, 0.6) is 0 Å². The van der Waals surface area contributed by atoms with Gasteiger partial charge < -0.3 is 15.5 Å². The molecule has 2 aromatic carbocycles. The molecule has 0 saturated carbocycles. The zero-order chi connectivity index (χ0) is 23.0. The molecule has 4 rings (SSSR count). The van der Waals surface area contributed by atoms with E-state index in [1.54, 1.807) is 6.07 Å². The van der Waals surface area contributed by atoms with Crippen molar-refractivity contribution in [2.24, 2.45) is 5.92 Å². The molecule has 2 heterocycles. The number of carbonyl (C=O) groups is 3. The van der Waals surface area contributed by atoms with Crippen molar-refractivity contribution in [3.05, 3.63) is 59.2 Å². The van der Waals surface area contributed by atoms with Crippen LogP contribution in [-0.4, -0.2) is 24.3 Å². The number of amides is 3. The van der Waals surface area contributed by atoms with Crippen molar-refractivity contribution >= 4 is 29.1 Å². The standard InChI is InChI=1S/C23H22F3N3O3/c1-13(14-5-7-19-15(9-14)6-8-20(30)28-19)27-22(32)16-10-21(31)29(12-16)18-4-2-3-17(11-18)23(24,25)26/h2-5,7,9,11,13,16H,6,8,10,12H2,1H3,(H,27,32)(H,28,30)/t13-,16-/m1/s1. The average molecular weight is 445 g/mol. The number of hydrogen-bond acceptors (Lipinski definition) is 3. The van der Waals surface area contributed by atoms with Gasteiger partial charge in [0.15, 0.2) is 0 Å². The number of carbonyl (C=O) groups excluding carboxylic acids is 3. The second kappa shape index (κ2) is 8.29. The third-order valence-electron chi connectivity index (χ3n) is 5.86. The molecule has 0 aliphatic carbocycles. The van der Waals surface area contributed by atoms with Gasteiger partial charge in [-0.3, -0.25) is 14.4 Å². The van der Waals surface area contributed by atoms with Gasteiger partial charge in [0.25, 0.3) is 0 Å². The van der Waals surface area contributed by atoms with E-state index in [1.807, 2.05) is 19.1 Å².